The van der Waals surface area contributed by atoms with Crippen LogP contribution >= 0.6 is 23.4 Å². The molecule has 0 radical (unpaired) electrons. The molecule has 40 heavy (non-hydrogen) atoms. The van der Waals surface area contributed by atoms with Crippen LogP contribution in [0.1, 0.15) is 16.7 Å². The number of hydrogen-bond donors (Lipinski definition) is 1. The highest BCUT2D eigenvalue weighted by atomic mass is 35.5. The lowest BCUT2D eigenvalue weighted by Crippen LogP contribution is -2.39. The Morgan fingerprint density at radius 3 is 2.30 bits per heavy atom. The van der Waals surface area contributed by atoms with E-state index >= 15 is 0 Å². The predicted molar refractivity (Wildman–Crippen MR) is 162 cm³/mol. The molecule has 0 aromatic heterocycles. The van der Waals surface area contributed by atoms with Crippen molar-refractivity contribution in [1.29, 1.82) is 0 Å². The highest BCUT2D eigenvalue weighted by Crippen LogP contribution is 2.26. The molecule has 0 unspecified atom stereocenters. The van der Waals surface area contributed by atoms with Gasteiger partial charge in [0.1, 0.15) is 18.9 Å². The van der Waals surface area contributed by atoms with Crippen molar-refractivity contribution in [2.75, 3.05) is 17.1 Å². The number of nitrogens with zero attached hydrogens (tertiary/aromatic N) is 2. The summed E-state index contributed by atoms with van der Waals surface area (Å²) in [5, 5.41) is 4.65. The van der Waals surface area contributed by atoms with Gasteiger partial charge in [0.15, 0.2) is 0 Å². The first-order valence-electron chi connectivity index (χ1n) is 12.3. The predicted octanol–water partition coefficient (Wildman–Crippen LogP) is 6.29. The number of rotatable bonds is 11. The molecule has 0 heterocycles. The number of anilines is 1. The Bertz CT molecular complexity index is 1580. The van der Waals surface area contributed by atoms with Gasteiger partial charge < -0.3 is 4.74 Å². The van der Waals surface area contributed by atoms with E-state index in [1.807, 2.05) is 37.4 Å². The van der Waals surface area contributed by atoms with Crippen molar-refractivity contribution in [3.63, 3.8) is 0 Å². The minimum atomic E-state index is -4.01. The van der Waals surface area contributed by atoms with Gasteiger partial charge in [-0.15, -0.1) is 11.8 Å². The molecule has 206 valence electrons. The highest BCUT2D eigenvalue weighted by Gasteiger charge is 2.27. The van der Waals surface area contributed by atoms with Crippen LogP contribution in [0.3, 0.4) is 0 Å². The smallest absolute Gasteiger partial charge is 0.264 e. The first-order chi connectivity index (χ1) is 19.3. The molecule has 7 nitrogen and oxygen atoms in total. The van der Waals surface area contributed by atoms with Crippen LogP contribution in [0.25, 0.3) is 0 Å². The number of hydrogen-bond acceptors (Lipinski definition) is 6. The Morgan fingerprint density at radius 1 is 0.975 bits per heavy atom. The van der Waals surface area contributed by atoms with Crippen LogP contribution in [0.2, 0.25) is 5.02 Å². The van der Waals surface area contributed by atoms with Gasteiger partial charge in [0.2, 0.25) is 0 Å². The van der Waals surface area contributed by atoms with Gasteiger partial charge in [0.05, 0.1) is 16.8 Å². The van der Waals surface area contributed by atoms with Crippen LogP contribution in [0.4, 0.5) is 5.69 Å². The molecule has 4 aromatic rings. The van der Waals surface area contributed by atoms with E-state index in [2.05, 4.69) is 10.5 Å². The minimum absolute atomic E-state index is 0.0963. The summed E-state index contributed by atoms with van der Waals surface area (Å²) in [4.78, 5) is 13.8. The van der Waals surface area contributed by atoms with Crippen molar-refractivity contribution in [1.82, 2.24) is 5.43 Å². The number of nitrogens with one attached hydrogen (secondary N) is 1. The van der Waals surface area contributed by atoms with Gasteiger partial charge in [-0.1, -0.05) is 47.5 Å². The van der Waals surface area contributed by atoms with E-state index in [-0.39, 0.29) is 4.90 Å². The molecule has 10 heteroatoms. The number of thioether (sulfide) groups is 1. The summed E-state index contributed by atoms with van der Waals surface area (Å²) >= 11 is 7.68. The lowest BCUT2D eigenvalue weighted by molar-refractivity contribution is -0.119. The number of halogens is 1. The molecule has 0 saturated heterocycles. The fourth-order valence-electron chi connectivity index (χ4n) is 3.67. The van der Waals surface area contributed by atoms with Crippen molar-refractivity contribution in [2.24, 2.45) is 5.10 Å². The van der Waals surface area contributed by atoms with Crippen molar-refractivity contribution in [3.8, 4) is 5.75 Å². The molecule has 0 aliphatic rings. The molecule has 1 N–H and O–H groups in total. The number of aryl methyl sites for hydroxylation is 1. The van der Waals surface area contributed by atoms with Crippen LogP contribution in [-0.4, -0.2) is 33.3 Å². The Labute approximate surface area is 243 Å². The van der Waals surface area contributed by atoms with E-state index in [0.29, 0.717) is 23.1 Å². The third-order valence-electron chi connectivity index (χ3n) is 5.89. The molecule has 0 fully saturated rings. The van der Waals surface area contributed by atoms with Crippen molar-refractivity contribution >= 4 is 51.2 Å². The summed E-state index contributed by atoms with van der Waals surface area (Å²) < 4.78 is 33.9. The number of ether oxygens (including phenoxy) is 1. The fraction of sp³-hybridized carbons (Fsp3) is 0.133. The Morgan fingerprint density at radius 2 is 1.65 bits per heavy atom. The van der Waals surface area contributed by atoms with Crippen molar-refractivity contribution in [2.45, 2.75) is 23.3 Å². The summed E-state index contributed by atoms with van der Waals surface area (Å²) in [7, 11) is -4.01. The molecular formula is C30H28ClN3O4S2. The maximum atomic E-state index is 13.5. The van der Waals surface area contributed by atoms with Crippen LogP contribution < -0.4 is 14.5 Å². The summed E-state index contributed by atoms with van der Waals surface area (Å²) in [5.41, 5.74) is 5.39. The quantitative estimate of drug-likeness (QED) is 0.125. The lowest BCUT2D eigenvalue weighted by Gasteiger charge is -2.24. The average Bonchev–Trinajstić information content (AvgIpc) is 2.97. The molecule has 0 spiro atoms. The normalized spacial score (nSPS) is 11.4. The zero-order valence-corrected chi connectivity index (χ0v) is 24.3. The van der Waals surface area contributed by atoms with Crippen LogP contribution in [-0.2, 0) is 21.4 Å². The molecule has 0 aliphatic heterocycles. The Hall–Kier alpha value is -3.79. The molecule has 1 amide bonds. The molecule has 0 saturated carbocycles. The third-order valence-corrected chi connectivity index (χ3v) is 8.79. The van der Waals surface area contributed by atoms with Crippen LogP contribution in [0.15, 0.2) is 112 Å². The largest absolute Gasteiger partial charge is 0.489 e. The standard InChI is InChI=1S/C30H28ClN3O4S2/c1-22-7-11-25(12-8-22)34(40(36,37)28-17-15-27(39-2)16-18-28)20-30(35)33-32-19-23-9-13-26(14-10-23)38-21-24-5-3-4-6-29(24)31/h3-19H,20-21H2,1-2H3,(H,33,35)/b32-19-. The summed E-state index contributed by atoms with van der Waals surface area (Å²) in [6, 6.07) is 28.1. The lowest BCUT2D eigenvalue weighted by atomic mass is 10.2. The summed E-state index contributed by atoms with van der Waals surface area (Å²) in [5.74, 6) is 0.0754. The topological polar surface area (TPSA) is 88.1 Å². The summed E-state index contributed by atoms with van der Waals surface area (Å²) in [6.07, 6.45) is 3.39. The van der Waals surface area contributed by atoms with Crippen molar-refractivity contribution < 1.29 is 17.9 Å². The Kier molecular flexibility index (Phi) is 9.87. The zero-order valence-electron chi connectivity index (χ0n) is 22.0. The zero-order chi connectivity index (χ0) is 28.5. The van der Waals surface area contributed by atoms with Gasteiger partial charge in [-0.25, -0.2) is 13.8 Å². The molecule has 0 atom stereocenters. The monoisotopic (exact) mass is 593 g/mol. The average molecular weight is 594 g/mol. The second-order valence-corrected chi connectivity index (χ2v) is 11.9. The highest BCUT2D eigenvalue weighted by molar-refractivity contribution is 7.98. The first-order valence-corrected chi connectivity index (χ1v) is 15.3. The van der Waals surface area contributed by atoms with Crippen LogP contribution in [0.5, 0.6) is 5.75 Å². The molecule has 4 rings (SSSR count). The van der Waals surface area contributed by atoms with E-state index in [1.54, 1.807) is 72.8 Å². The van der Waals surface area contributed by atoms with E-state index in [9.17, 15) is 13.2 Å². The first kappa shape index (κ1) is 29.2. The van der Waals surface area contributed by atoms with E-state index < -0.39 is 22.5 Å². The maximum absolute atomic E-state index is 13.5. The van der Waals surface area contributed by atoms with Gasteiger partial charge in [-0.05, 0) is 85.5 Å². The van der Waals surface area contributed by atoms with E-state index in [0.717, 1.165) is 25.9 Å². The van der Waals surface area contributed by atoms with E-state index in [1.165, 1.54) is 18.0 Å². The molecule has 4 aromatic carbocycles. The second kappa shape index (κ2) is 13.5. The third kappa shape index (κ3) is 7.65. The van der Waals surface area contributed by atoms with Crippen LogP contribution in [0, 0.1) is 6.92 Å². The SMILES string of the molecule is CSc1ccc(S(=O)(=O)N(CC(=O)N/N=C\c2ccc(OCc3ccccc3Cl)cc2)c2ccc(C)cc2)cc1. The molecule has 0 bridgehead atoms. The minimum Gasteiger partial charge on any atom is -0.489 e. The number of sulfonamides is 1. The number of hydrazone groups is 1. The van der Waals surface area contributed by atoms with Gasteiger partial charge in [0, 0.05) is 15.5 Å². The number of carbonyl (C=O) groups excluding carboxylic acids is 1. The van der Waals surface area contributed by atoms with Crippen molar-refractivity contribution in [3.05, 3.63) is 119 Å². The van der Waals surface area contributed by atoms with Gasteiger partial charge in [0.25, 0.3) is 15.9 Å². The Balaban J connectivity index is 1.41. The molecule has 0 aliphatic carbocycles. The second-order valence-electron chi connectivity index (χ2n) is 8.77. The van der Waals surface area contributed by atoms with Gasteiger partial charge in [-0.3, -0.25) is 9.10 Å². The maximum Gasteiger partial charge on any atom is 0.264 e. The summed E-state index contributed by atoms with van der Waals surface area (Å²) in [6.45, 7) is 1.80. The number of amides is 1. The number of carbonyl (C=O) groups is 1. The van der Waals surface area contributed by atoms with Gasteiger partial charge in [-0.2, -0.15) is 5.10 Å². The van der Waals surface area contributed by atoms with Gasteiger partial charge >= 0.3 is 0 Å². The molecular weight excluding hydrogens is 566 g/mol. The number of benzene rings is 4. The van der Waals surface area contributed by atoms with E-state index in [4.69, 9.17) is 16.3 Å². The fourth-order valence-corrected chi connectivity index (χ4v) is 5.69.